The van der Waals surface area contributed by atoms with E-state index in [0.717, 1.165) is 24.9 Å². The highest BCUT2D eigenvalue weighted by molar-refractivity contribution is 5.83. The second-order valence-electron chi connectivity index (χ2n) is 6.62. The van der Waals surface area contributed by atoms with Gasteiger partial charge in [0.1, 0.15) is 0 Å². The highest BCUT2D eigenvalue weighted by Gasteiger charge is 2.30. The average molecular weight is 374 g/mol. The number of likely N-dealkylation sites (tertiary alicyclic amines) is 1. The number of amides is 2. The number of hydrogen-bond acceptors (Lipinski definition) is 5. The van der Waals surface area contributed by atoms with E-state index in [4.69, 9.17) is 10.5 Å². The van der Waals surface area contributed by atoms with Crippen molar-refractivity contribution < 1.29 is 14.3 Å². The Morgan fingerprint density at radius 2 is 2.11 bits per heavy atom. The lowest BCUT2D eigenvalue weighted by molar-refractivity contribution is -0.127. The number of nitrogens with one attached hydrogen (secondary N) is 2. The van der Waals surface area contributed by atoms with Gasteiger partial charge in [-0.15, -0.1) is 6.58 Å². The Labute approximate surface area is 160 Å². The first-order valence-corrected chi connectivity index (χ1v) is 9.39. The molecule has 0 radical (unpaired) electrons. The largest absolute Gasteiger partial charge is 0.364 e. The molecule has 0 saturated carbocycles. The van der Waals surface area contributed by atoms with E-state index in [1.165, 1.54) is 0 Å². The van der Waals surface area contributed by atoms with Crippen LogP contribution in [0.3, 0.4) is 0 Å². The Kier molecular flexibility index (Phi) is 8.97. The molecular formula is C20H30N4O3. The molecule has 2 atom stereocenters. The van der Waals surface area contributed by atoms with Gasteiger partial charge in [-0.1, -0.05) is 36.4 Å². The van der Waals surface area contributed by atoms with Crippen LogP contribution < -0.4 is 16.4 Å². The first-order chi connectivity index (χ1) is 13.1. The predicted molar refractivity (Wildman–Crippen MR) is 105 cm³/mol. The summed E-state index contributed by atoms with van der Waals surface area (Å²) < 4.78 is 5.75. The van der Waals surface area contributed by atoms with Crippen LogP contribution in [0.15, 0.2) is 43.0 Å². The lowest BCUT2D eigenvalue weighted by Crippen LogP contribution is -2.45. The third-order valence-electron chi connectivity index (χ3n) is 4.54. The first-order valence-electron chi connectivity index (χ1n) is 9.39. The summed E-state index contributed by atoms with van der Waals surface area (Å²) in [5.74, 6) is -0.156. The van der Waals surface area contributed by atoms with Crippen molar-refractivity contribution >= 4 is 11.8 Å². The number of hydrogen-bond donors (Lipinski definition) is 3. The van der Waals surface area contributed by atoms with E-state index in [1.54, 1.807) is 6.08 Å². The molecule has 1 aliphatic rings. The highest BCUT2D eigenvalue weighted by Crippen LogP contribution is 2.18. The van der Waals surface area contributed by atoms with Gasteiger partial charge < -0.3 is 21.1 Å². The van der Waals surface area contributed by atoms with Crippen molar-refractivity contribution in [1.29, 1.82) is 0 Å². The maximum Gasteiger partial charge on any atom is 0.237 e. The number of nitrogens with two attached hydrogens (primary N) is 1. The molecule has 27 heavy (non-hydrogen) atoms. The molecule has 0 aliphatic carbocycles. The zero-order valence-electron chi connectivity index (χ0n) is 15.7. The molecular weight excluding hydrogens is 344 g/mol. The molecule has 2 amide bonds. The number of nitrogens with zero attached hydrogens (tertiary/aromatic N) is 1. The van der Waals surface area contributed by atoms with Gasteiger partial charge in [-0.2, -0.15) is 0 Å². The van der Waals surface area contributed by atoms with Crippen LogP contribution in [0, 0.1) is 0 Å². The van der Waals surface area contributed by atoms with Crippen molar-refractivity contribution in [2.45, 2.75) is 31.3 Å². The van der Waals surface area contributed by atoms with E-state index in [1.807, 2.05) is 35.2 Å². The summed E-state index contributed by atoms with van der Waals surface area (Å²) in [7, 11) is 0. The van der Waals surface area contributed by atoms with E-state index in [0.29, 0.717) is 26.4 Å². The van der Waals surface area contributed by atoms with Crippen LogP contribution in [-0.2, 0) is 14.3 Å². The van der Waals surface area contributed by atoms with Gasteiger partial charge in [-0.25, -0.2) is 0 Å². The molecule has 4 N–H and O–H groups in total. The molecule has 0 unspecified atom stereocenters. The Hall–Kier alpha value is -2.22. The maximum absolute atomic E-state index is 12.4. The van der Waals surface area contributed by atoms with Gasteiger partial charge in [0.2, 0.25) is 11.8 Å². The fourth-order valence-electron chi connectivity index (χ4n) is 3.06. The van der Waals surface area contributed by atoms with Crippen molar-refractivity contribution in [2.24, 2.45) is 5.73 Å². The molecule has 7 heteroatoms. The van der Waals surface area contributed by atoms with Gasteiger partial charge in [-0.3, -0.25) is 14.5 Å². The third-order valence-corrected chi connectivity index (χ3v) is 4.54. The van der Waals surface area contributed by atoms with Crippen molar-refractivity contribution in [3.63, 3.8) is 0 Å². The Balaban J connectivity index is 1.68. The fraction of sp³-hybridized carbons (Fsp3) is 0.500. The summed E-state index contributed by atoms with van der Waals surface area (Å²) in [5.41, 5.74) is 7.17. The third kappa shape index (κ3) is 7.13. The molecule has 0 aromatic heterocycles. The average Bonchev–Trinajstić information content (AvgIpc) is 3.15. The van der Waals surface area contributed by atoms with Crippen LogP contribution >= 0.6 is 0 Å². The maximum atomic E-state index is 12.4. The van der Waals surface area contributed by atoms with E-state index in [-0.39, 0.29) is 30.3 Å². The normalized spacial score (nSPS) is 18.0. The predicted octanol–water partition coefficient (Wildman–Crippen LogP) is 0.933. The van der Waals surface area contributed by atoms with Crippen molar-refractivity contribution in [2.75, 3.05) is 33.0 Å². The molecule has 7 nitrogen and oxygen atoms in total. The Morgan fingerprint density at radius 1 is 1.33 bits per heavy atom. The lowest BCUT2D eigenvalue weighted by atomic mass is 10.1. The fourth-order valence-corrected chi connectivity index (χ4v) is 3.06. The van der Waals surface area contributed by atoms with Crippen LogP contribution in [0.4, 0.5) is 0 Å². The monoisotopic (exact) mass is 374 g/mol. The molecule has 148 valence electrons. The van der Waals surface area contributed by atoms with Gasteiger partial charge in [0, 0.05) is 26.1 Å². The van der Waals surface area contributed by atoms with E-state index < -0.39 is 0 Å². The van der Waals surface area contributed by atoms with Gasteiger partial charge in [0.15, 0.2) is 0 Å². The zero-order chi connectivity index (χ0) is 19.5. The zero-order valence-corrected chi connectivity index (χ0v) is 15.7. The minimum absolute atomic E-state index is 0.0556. The molecule has 1 saturated heterocycles. The van der Waals surface area contributed by atoms with Gasteiger partial charge in [0.25, 0.3) is 0 Å². The highest BCUT2D eigenvalue weighted by atomic mass is 16.5. The molecule has 1 fully saturated rings. The molecule has 1 heterocycles. The van der Waals surface area contributed by atoms with Crippen LogP contribution in [0.2, 0.25) is 0 Å². The van der Waals surface area contributed by atoms with E-state index in [9.17, 15) is 9.59 Å². The molecule has 1 aliphatic heterocycles. The van der Waals surface area contributed by atoms with Gasteiger partial charge in [0.05, 0.1) is 25.4 Å². The number of ether oxygens (including phenoxy) is 1. The molecule has 2 rings (SSSR count). The van der Waals surface area contributed by atoms with Crippen LogP contribution in [0.5, 0.6) is 0 Å². The minimum atomic E-state index is -0.214. The molecule has 1 aromatic carbocycles. The van der Waals surface area contributed by atoms with Crippen LogP contribution in [0.1, 0.15) is 30.9 Å². The summed E-state index contributed by atoms with van der Waals surface area (Å²) in [6.45, 7) is 5.90. The summed E-state index contributed by atoms with van der Waals surface area (Å²) in [6.07, 6.45) is 3.62. The standard InChI is InChI=1S/C20H30N4O3/c1-2-11-22-19(25)10-12-23-20(26)18-9-6-13-24(18)15-27-14-17(21)16-7-4-3-5-8-16/h2-5,7-8,17-18H,1,6,9-15,21H2,(H,22,25)(H,23,26)/t17-,18+/m1/s1. The smallest absolute Gasteiger partial charge is 0.237 e. The van der Waals surface area contributed by atoms with Crippen LogP contribution in [0.25, 0.3) is 0 Å². The minimum Gasteiger partial charge on any atom is -0.364 e. The number of carbonyl (C=O) groups excluding carboxylic acids is 2. The molecule has 0 spiro atoms. The van der Waals surface area contributed by atoms with Crippen molar-refractivity contribution in [1.82, 2.24) is 15.5 Å². The second kappa shape index (κ2) is 11.5. The summed E-state index contributed by atoms with van der Waals surface area (Å²) in [6, 6.07) is 9.41. The van der Waals surface area contributed by atoms with Crippen LogP contribution in [-0.4, -0.2) is 55.7 Å². The van der Waals surface area contributed by atoms with E-state index >= 15 is 0 Å². The lowest BCUT2D eigenvalue weighted by Gasteiger charge is -2.24. The summed E-state index contributed by atoms with van der Waals surface area (Å²) in [4.78, 5) is 25.9. The molecule has 0 bridgehead atoms. The van der Waals surface area contributed by atoms with Crippen molar-refractivity contribution in [3.05, 3.63) is 48.6 Å². The second-order valence-corrected chi connectivity index (χ2v) is 6.62. The quantitative estimate of drug-likeness (QED) is 0.501. The van der Waals surface area contributed by atoms with E-state index in [2.05, 4.69) is 17.2 Å². The topological polar surface area (TPSA) is 96.7 Å². The van der Waals surface area contributed by atoms with Crippen molar-refractivity contribution in [3.8, 4) is 0 Å². The summed E-state index contributed by atoms with van der Waals surface area (Å²) in [5, 5.41) is 5.53. The number of rotatable bonds is 11. The SMILES string of the molecule is C=CCNC(=O)CCNC(=O)[C@@H]1CCCN1COC[C@@H](N)c1ccccc1. The van der Waals surface area contributed by atoms with Gasteiger partial charge >= 0.3 is 0 Å². The number of carbonyl (C=O) groups is 2. The molecule has 1 aromatic rings. The number of benzene rings is 1. The Bertz CT molecular complexity index is 609. The first kappa shape index (κ1) is 21.1. The Morgan fingerprint density at radius 3 is 2.85 bits per heavy atom. The summed E-state index contributed by atoms with van der Waals surface area (Å²) >= 11 is 0. The van der Waals surface area contributed by atoms with Gasteiger partial charge in [-0.05, 0) is 18.4 Å².